The number of para-hydroxylation sites is 1. The molecule has 4 aromatic rings. The van der Waals surface area contributed by atoms with Crippen LogP contribution >= 0.6 is 11.3 Å². The predicted molar refractivity (Wildman–Crippen MR) is 136 cm³/mol. The fraction of sp³-hybridized carbons (Fsp3) is 0.417. The predicted octanol–water partition coefficient (Wildman–Crippen LogP) is 4.27. The molecule has 39 heavy (non-hydrogen) atoms. The third-order valence-electron chi connectivity index (χ3n) is 6.53. The summed E-state index contributed by atoms with van der Waals surface area (Å²) in [5.74, 6) is -0.142. The molecule has 3 aromatic heterocycles. The summed E-state index contributed by atoms with van der Waals surface area (Å²) in [7, 11) is -1.57. The van der Waals surface area contributed by atoms with Gasteiger partial charge in [0.15, 0.2) is 5.69 Å². The van der Waals surface area contributed by atoms with Crippen molar-refractivity contribution < 1.29 is 22.2 Å². The van der Waals surface area contributed by atoms with Crippen LogP contribution in [-0.2, 0) is 27.5 Å². The molecule has 1 saturated heterocycles. The highest BCUT2D eigenvalue weighted by Gasteiger charge is 2.39. The van der Waals surface area contributed by atoms with Crippen LogP contribution in [0.4, 0.5) is 13.2 Å². The maximum absolute atomic E-state index is 13.3. The van der Waals surface area contributed by atoms with E-state index in [2.05, 4.69) is 20.6 Å². The monoisotopic (exact) mass is 578 g/mol. The van der Waals surface area contributed by atoms with Crippen molar-refractivity contribution in [1.82, 2.24) is 39.9 Å². The number of carbonyl (C=O) groups excluding carboxylic acids is 1. The Morgan fingerprint density at radius 2 is 2.00 bits per heavy atom. The van der Waals surface area contributed by atoms with Crippen LogP contribution in [0.5, 0.6) is 0 Å². The van der Waals surface area contributed by atoms with Gasteiger partial charge in [-0.15, -0.1) is 11.3 Å². The third kappa shape index (κ3) is 5.64. The molecule has 0 aliphatic carbocycles. The maximum atomic E-state index is 13.3. The van der Waals surface area contributed by atoms with E-state index >= 15 is 0 Å². The van der Waals surface area contributed by atoms with Crippen LogP contribution in [0, 0.1) is 6.92 Å². The van der Waals surface area contributed by atoms with E-state index in [1.54, 1.807) is 18.7 Å². The van der Waals surface area contributed by atoms with Crippen molar-refractivity contribution in [3.05, 3.63) is 63.9 Å². The van der Waals surface area contributed by atoms with E-state index in [0.29, 0.717) is 36.5 Å². The number of thiazole rings is 1. The summed E-state index contributed by atoms with van der Waals surface area (Å²) in [5.41, 5.74) is 0.636. The van der Waals surface area contributed by atoms with Crippen molar-refractivity contribution in [3.63, 3.8) is 0 Å². The number of nitrogens with zero attached hydrogens (tertiary/aromatic N) is 8. The topological polar surface area (TPSA) is 112 Å². The van der Waals surface area contributed by atoms with E-state index in [9.17, 15) is 22.2 Å². The molecule has 0 spiro atoms. The summed E-state index contributed by atoms with van der Waals surface area (Å²) < 4.78 is 55.9. The first-order chi connectivity index (χ1) is 18.7. The van der Waals surface area contributed by atoms with Crippen molar-refractivity contribution in [2.24, 2.45) is 0 Å². The van der Waals surface area contributed by atoms with E-state index in [1.165, 1.54) is 20.7 Å². The van der Waals surface area contributed by atoms with E-state index in [4.69, 9.17) is 4.98 Å². The van der Waals surface area contributed by atoms with Gasteiger partial charge < -0.3 is 4.90 Å². The fourth-order valence-corrected chi connectivity index (χ4v) is 6.73. The number of amides is 1. The van der Waals surface area contributed by atoms with Gasteiger partial charge in [-0.3, -0.25) is 9.00 Å². The zero-order valence-corrected chi connectivity index (χ0v) is 22.7. The highest BCUT2D eigenvalue weighted by Crippen LogP contribution is 2.39. The van der Waals surface area contributed by atoms with Gasteiger partial charge in [-0.1, -0.05) is 30.2 Å². The molecule has 5 rings (SSSR count). The van der Waals surface area contributed by atoms with Gasteiger partial charge in [0.05, 0.1) is 32.9 Å². The highest BCUT2D eigenvalue weighted by molar-refractivity contribution is 7.84. The maximum Gasteiger partial charge on any atom is 0.435 e. The molecule has 4 heterocycles. The molecule has 0 saturated carbocycles. The van der Waals surface area contributed by atoms with Gasteiger partial charge in [-0.25, -0.2) is 9.67 Å². The van der Waals surface area contributed by atoms with E-state index in [-0.39, 0.29) is 29.2 Å². The molecule has 0 bridgehead atoms. The number of rotatable bonds is 7. The summed E-state index contributed by atoms with van der Waals surface area (Å²) in [4.78, 5) is 19.0. The number of piperidine rings is 1. The van der Waals surface area contributed by atoms with Gasteiger partial charge in [-0.2, -0.15) is 23.0 Å². The average molecular weight is 579 g/mol. The minimum absolute atomic E-state index is 0.101. The van der Waals surface area contributed by atoms with Gasteiger partial charge in [0.1, 0.15) is 6.17 Å². The van der Waals surface area contributed by atoms with Crippen molar-refractivity contribution in [2.75, 3.05) is 6.54 Å². The Morgan fingerprint density at radius 3 is 2.69 bits per heavy atom. The highest BCUT2D eigenvalue weighted by atomic mass is 32.2. The molecular weight excluding hydrogens is 553 g/mol. The zero-order valence-electron chi connectivity index (χ0n) is 21.1. The molecule has 10 nitrogen and oxygen atoms in total. The third-order valence-corrected chi connectivity index (χ3v) is 8.81. The van der Waals surface area contributed by atoms with Gasteiger partial charge in [0.2, 0.25) is 11.1 Å². The largest absolute Gasteiger partial charge is 0.435 e. The first kappa shape index (κ1) is 27.1. The number of likely N-dealkylation sites (tertiary alicyclic amines) is 1. The van der Waals surface area contributed by atoms with Crippen LogP contribution in [0.15, 0.2) is 46.9 Å². The molecule has 0 radical (unpaired) electrons. The molecule has 1 aliphatic rings. The van der Waals surface area contributed by atoms with Crippen molar-refractivity contribution in [3.8, 4) is 5.69 Å². The van der Waals surface area contributed by atoms with Crippen LogP contribution in [-0.4, -0.2) is 56.5 Å². The number of aryl methyl sites for hydroxylation is 1. The van der Waals surface area contributed by atoms with Gasteiger partial charge in [0.25, 0.3) is 0 Å². The number of hydrogen-bond acceptors (Lipinski definition) is 8. The second-order valence-corrected chi connectivity index (χ2v) is 11.4. The van der Waals surface area contributed by atoms with E-state index in [0.717, 1.165) is 11.1 Å². The molecule has 206 valence electrons. The van der Waals surface area contributed by atoms with E-state index in [1.807, 2.05) is 35.7 Å². The van der Waals surface area contributed by atoms with Gasteiger partial charge in [0, 0.05) is 30.0 Å². The summed E-state index contributed by atoms with van der Waals surface area (Å²) in [6.07, 6.45) is -4.03. The second-order valence-electron chi connectivity index (χ2n) is 9.13. The summed E-state index contributed by atoms with van der Waals surface area (Å²) in [6, 6.07) is 10.1. The van der Waals surface area contributed by atoms with Gasteiger partial charge >= 0.3 is 6.18 Å². The van der Waals surface area contributed by atoms with Crippen molar-refractivity contribution in [2.45, 2.75) is 62.3 Å². The Morgan fingerprint density at radius 1 is 1.23 bits per heavy atom. The quantitative estimate of drug-likeness (QED) is 0.322. The molecule has 1 amide bonds. The van der Waals surface area contributed by atoms with Crippen LogP contribution in [0.25, 0.3) is 5.69 Å². The molecular formula is C24H25F3N8O2S2. The molecule has 15 heteroatoms. The Kier molecular flexibility index (Phi) is 7.62. The van der Waals surface area contributed by atoms with Crippen LogP contribution in [0.2, 0.25) is 0 Å². The van der Waals surface area contributed by atoms with Gasteiger partial charge in [-0.05, 0) is 48.4 Å². The number of tetrazole rings is 1. The lowest BCUT2D eigenvalue weighted by Gasteiger charge is -2.39. The van der Waals surface area contributed by atoms with Crippen molar-refractivity contribution >= 4 is 28.0 Å². The van der Waals surface area contributed by atoms with Crippen LogP contribution in [0.1, 0.15) is 60.4 Å². The first-order valence-corrected chi connectivity index (χ1v) is 14.4. The first-order valence-electron chi connectivity index (χ1n) is 12.2. The minimum atomic E-state index is -4.58. The van der Waals surface area contributed by atoms with Crippen LogP contribution in [0.3, 0.4) is 0 Å². The summed E-state index contributed by atoms with van der Waals surface area (Å²) in [5, 5.41) is 18.2. The summed E-state index contributed by atoms with van der Waals surface area (Å²) in [6.45, 7) is 3.65. The number of halogens is 3. The van der Waals surface area contributed by atoms with E-state index < -0.39 is 28.8 Å². The standard InChI is InChI=1S/C24H25F3N8O2S2/c1-3-21(36)33-10-9-16(12-20(33)34-15(2)11-19(30-34)24(25,26)27)22-28-17(13-38-22)14-39(37)23-29-31-32-35(23)18-7-5-4-6-8-18/h4-8,11,13,16,20H,3,9-10,12,14H2,1-2H3. The Labute approximate surface area is 228 Å². The Hall–Kier alpha value is -3.46. The number of carbonyl (C=O) groups is 1. The molecule has 0 N–H and O–H groups in total. The number of hydrogen-bond donors (Lipinski definition) is 0. The Balaban J connectivity index is 1.35. The lowest BCUT2D eigenvalue weighted by Crippen LogP contribution is -2.43. The SMILES string of the molecule is CCC(=O)N1CCC(c2nc(CS(=O)c3nnnn3-c3ccccc3)cs2)CC1n1nc(C(F)(F)F)cc1C. The van der Waals surface area contributed by atoms with Crippen molar-refractivity contribution in [1.29, 1.82) is 0 Å². The molecule has 3 unspecified atom stereocenters. The van der Waals surface area contributed by atoms with Crippen LogP contribution < -0.4 is 0 Å². The summed E-state index contributed by atoms with van der Waals surface area (Å²) >= 11 is 1.41. The minimum Gasteiger partial charge on any atom is -0.320 e. The Bertz CT molecular complexity index is 1480. The fourth-order valence-electron chi connectivity index (χ4n) is 4.65. The molecule has 1 aliphatic heterocycles. The lowest BCUT2D eigenvalue weighted by atomic mass is 9.94. The molecule has 1 fully saturated rings. The number of benzene rings is 1. The molecule has 3 atom stereocenters. The molecule has 1 aromatic carbocycles. The average Bonchev–Trinajstić information content (AvgIpc) is 3.68. The smallest absolute Gasteiger partial charge is 0.320 e. The number of aromatic nitrogens is 7. The second kappa shape index (κ2) is 11.0. The lowest BCUT2D eigenvalue weighted by molar-refractivity contribution is -0.142. The zero-order chi connectivity index (χ0) is 27.7. The normalized spacial score (nSPS) is 18.8. The number of alkyl halides is 3.